The highest BCUT2D eigenvalue weighted by Gasteiger charge is 1.90. The van der Waals surface area contributed by atoms with E-state index in [1.165, 1.54) is 0 Å². The summed E-state index contributed by atoms with van der Waals surface area (Å²) in [5, 5.41) is 0. The monoisotopic (exact) mass is 168 g/mol. The fourth-order valence-electron chi connectivity index (χ4n) is 0.469. The first kappa shape index (κ1) is 10.7. The molecule has 0 aromatic rings. The number of esters is 1. The molecule has 0 radical (unpaired) electrons. The van der Waals surface area contributed by atoms with E-state index >= 15 is 0 Å². The van der Waals surface area contributed by atoms with Crippen molar-refractivity contribution in [2.24, 2.45) is 0 Å². The number of carbonyl (C=O) groups is 1. The smallest absolute Gasteiger partial charge is 0.384 e. The molecule has 3 heteroatoms. The lowest BCUT2D eigenvalue weighted by molar-refractivity contribution is -0.136. The predicted molar refractivity (Wildman–Crippen MR) is 45.4 cm³/mol. The molecule has 0 amide bonds. The number of hydrogen-bond donors (Lipinski definition) is 0. The lowest BCUT2D eigenvalue weighted by Crippen LogP contribution is -2.00. The van der Waals surface area contributed by atoms with Gasteiger partial charge in [0.1, 0.15) is 6.61 Å². The van der Waals surface area contributed by atoms with Gasteiger partial charge in [0.2, 0.25) is 0 Å². The molecule has 0 heterocycles. The highest BCUT2D eigenvalue weighted by atomic mass is 16.5. The molecule has 12 heavy (non-hydrogen) atoms. The van der Waals surface area contributed by atoms with Crippen molar-refractivity contribution < 1.29 is 14.3 Å². The van der Waals surface area contributed by atoms with E-state index in [2.05, 4.69) is 23.2 Å². The number of hydrogen-bond acceptors (Lipinski definition) is 3. The van der Waals surface area contributed by atoms with Crippen LogP contribution >= 0.6 is 0 Å². The average molecular weight is 168 g/mol. The first-order valence-corrected chi connectivity index (χ1v) is 3.65. The van der Waals surface area contributed by atoms with Gasteiger partial charge in [0.15, 0.2) is 0 Å². The molecule has 0 aliphatic heterocycles. The molecular formula is C9H12O3. The summed E-state index contributed by atoms with van der Waals surface area (Å²) in [5.74, 6) is 4.27. The van der Waals surface area contributed by atoms with E-state index in [-0.39, 0.29) is 6.61 Å². The Labute approximate surface area is 72.4 Å². The van der Waals surface area contributed by atoms with Gasteiger partial charge in [-0.2, -0.15) is 0 Å². The third kappa shape index (κ3) is 6.84. The Hall–Kier alpha value is -1.27. The van der Waals surface area contributed by atoms with Crippen LogP contribution in [0, 0.1) is 11.8 Å². The molecule has 0 bridgehead atoms. The standard InChI is InChI=1S/C9H12O3/c1-3-7-11-8-5-6-9(10)12-4-2/h3H,1,4,7-8H2,2H3. The lowest BCUT2D eigenvalue weighted by atomic mass is 10.6. The molecule has 0 aromatic heterocycles. The summed E-state index contributed by atoms with van der Waals surface area (Å²) < 4.78 is 9.47. The van der Waals surface area contributed by atoms with Crippen LogP contribution in [0.15, 0.2) is 12.7 Å². The van der Waals surface area contributed by atoms with Crippen molar-refractivity contribution in [2.75, 3.05) is 19.8 Å². The molecule has 3 nitrogen and oxygen atoms in total. The van der Waals surface area contributed by atoms with Gasteiger partial charge in [0.05, 0.1) is 13.2 Å². The van der Waals surface area contributed by atoms with E-state index in [1.54, 1.807) is 13.0 Å². The van der Waals surface area contributed by atoms with Gasteiger partial charge in [-0.15, -0.1) is 6.58 Å². The molecule has 0 fully saturated rings. The van der Waals surface area contributed by atoms with Gasteiger partial charge in [-0.25, -0.2) is 4.79 Å². The SMILES string of the molecule is C=CCOCC#CC(=O)OCC. The van der Waals surface area contributed by atoms with Crippen molar-refractivity contribution in [1.29, 1.82) is 0 Å². The summed E-state index contributed by atoms with van der Waals surface area (Å²) in [7, 11) is 0. The highest BCUT2D eigenvalue weighted by Crippen LogP contribution is 1.75. The third-order valence-corrected chi connectivity index (χ3v) is 0.876. The molecule has 0 aliphatic rings. The van der Waals surface area contributed by atoms with Crippen LogP contribution in [-0.4, -0.2) is 25.8 Å². The second-order valence-corrected chi connectivity index (χ2v) is 1.83. The van der Waals surface area contributed by atoms with E-state index in [9.17, 15) is 4.79 Å². The molecule has 0 aliphatic carbocycles. The minimum atomic E-state index is -0.514. The highest BCUT2D eigenvalue weighted by molar-refractivity contribution is 5.88. The summed E-state index contributed by atoms with van der Waals surface area (Å²) in [6.07, 6.45) is 1.62. The normalized spacial score (nSPS) is 8.08. The van der Waals surface area contributed by atoms with Gasteiger partial charge in [0.25, 0.3) is 0 Å². The molecule has 66 valence electrons. The van der Waals surface area contributed by atoms with E-state index in [1.807, 2.05) is 0 Å². The van der Waals surface area contributed by atoms with E-state index < -0.39 is 5.97 Å². The van der Waals surface area contributed by atoms with E-state index in [0.717, 1.165) is 0 Å². The van der Waals surface area contributed by atoms with Crippen LogP contribution in [0.2, 0.25) is 0 Å². The van der Waals surface area contributed by atoms with Crippen LogP contribution in [0.3, 0.4) is 0 Å². The quantitative estimate of drug-likeness (QED) is 0.204. The van der Waals surface area contributed by atoms with E-state index in [0.29, 0.717) is 13.2 Å². The fourth-order valence-corrected chi connectivity index (χ4v) is 0.469. The molecule has 0 saturated carbocycles. The first-order valence-electron chi connectivity index (χ1n) is 3.65. The second kappa shape index (κ2) is 7.83. The number of rotatable bonds is 4. The molecule has 0 N–H and O–H groups in total. The molecule has 0 rings (SSSR count). The Bertz CT molecular complexity index is 198. The Kier molecular flexibility index (Phi) is 7.00. The molecule has 0 atom stereocenters. The van der Waals surface area contributed by atoms with Crippen LogP contribution in [0.4, 0.5) is 0 Å². The van der Waals surface area contributed by atoms with Gasteiger partial charge in [0, 0.05) is 5.92 Å². The molecule has 0 saturated heterocycles. The van der Waals surface area contributed by atoms with Crippen molar-refractivity contribution in [3.63, 3.8) is 0 Å². The van der Waals surface area contributed by atoms with Gasteiger partial charge in [-0.1, -0.05) is 12.0 Å². The summed E-state index contributed by atoms with van der Waals surface area (Å²) in [5.41, 5.74) is 0. The largest absolute Gasteiger partial charge is 0.456 e. The minimum absolute atomic E-state index is 0.227. The van der Waals surface area contributed by atoms with Crippen molar-refractivity contribution in [1.82, 2.24) is 0 Å². The summed E-state index contributed by atoms with van der Waals surface area (Å²) in [4.78, 5) is 10.6. The van der Waals surface area contributed by atoms with Gasteiger partial charge < -0.3 is 9.47 Å². The zero-order valence-corrected chi connectivity index (χ0v) is 7.13. The topological polar surface area (TPSA) is 35.5 Å². The Balaban J connectivity index is 3.44. The number of carbonyl (C=O) groups excluding carboxylic acids is 1. The summed E-state index contributed by atoms with van der Waals surface area (Å²) in [6, 6.07) is 0. The first-order chi connectivity index (χ1) is 5.81. The molecule has 0 unspecified atom stereocenters. The van der Waals surface area contributed by atoms with Crippen LogP contribution in [0.25, 0.3) is 0 Å². The van der Waals surface area contributed by atoms with Crippen LogP contribution in [0.1, 0.15) is 6.92 Å². The van der Waals surface area contributed by atoms with Crippen LogP contribution in [0.5, 0.6) is 0 Å². The van der Waals surface area contributed by atoms with E-state index in [4.69, 9.17) is 4.74 Å². The van der Waals surface area contributed by atoms with Crippen molar-refractivity contribution in [2.45, 2.75) is 6.92 Å². The Morgan fingerprint density at radius 3 is 3.00 bits per heavy atom. The average Bonchev–Trinajstić information content (AvgIpc) is 2.05. The van der Waals surface area contributed by atoms with Crippen LogP contribution < -0.4 is 0 Å². The Morgan fingerprint density at radius 1 is 1.67 bits per heavy atom. The van der Waals surface area contributed by atoms with Gasteiger partial charge in [-0.3, -0.25) is 0 Å². The third-order valence-electron chi connectivity index (χ3n) is 0.876. The minimum Gasteiger partial charge on any atom is -0.456 e. The van der Waals surface area contributed by atoms with Gasteiger partial charge in [-0.05, 0) is 6.92 Å². The number of ether oxygens (including phenoxy) is 2. The predicted octanol–water partition coefficient (Wildman–Crippen LogP) is 0.755. The zero-order chi connectivity index (χ0) is 9.23. The van der Waals surface area contributed by atoms with Crippen molar-refractivity contribution >= 4 is 5.97 Å². The maximum absolute atomic E-state index is 10.6. The van der Waals surface area contributed by atoms with Crippen LogP contribution in [-0.2, 0) is 14.3 Å². The fraction of sp³-hybridized carbons (Fsp3) is 0.444. The maximum atomic E-state index is 10.6. The van der Waals surface area contributed by atoms with Gasteiger partial charge >= 0.3 is 5.97 Å². The summed E-state index contributed by atoms with van der Waals surface area (Å²) in [6.45, 7) is 6.21. The lowest BCUT2D eigenvalue weighted by Gasteiger charge is -1.92. The Morgan fingerprint density at radius 2 is 2.42 bits per heavy atom. The molecule has 0 spiro atoms. The second-order valence-electron chi connectivity index (χ2n) is 1.83. The summed E-state index contributed by atoms with van der Waals surface area (Å²) >= 11 is 0. The van der Waals surface area contributed by atoms with Crippen molar-refractivity contribution in [3.05, 3.63) is 12.7 Å². The molecule has 0 aromatic carbocycles. The van der Waals surface area contributed by atoms with Crippen molar-refractivity contribution in [3.8, 4) is 11.8 Å². The maximum Gasteiger partial charge on any atom is 0.384 e. The zero-order valence-electron chi connectivity index (χ0n) is 7.13. The molecular weight excluding hydrogens is 156 g/mol.